The number of ether oxygens (including phenoxy) is 12. The van der Waals surface area contributed by atoms with E-state index >= 15 is 0 Å². The number of esters is 6. The lowest BCUT2D eigenvalue weighted by atomic mass is 9.91. The number of carbonyl (C=O) groups is 6. The number of benzene rings is 6. The largest absolute Gasteiger partial charge is 0.481 e. The molecule has 0 radical (unpaired) electrons. The maximum Gasteiger partial charge on any atom is 0.343 e. The van der Waals surface area contributed by atoms with E-state index in [1.165, 1.54) is 42.7 Å². The third kappa shape index (κ3) is 14.7. The van der Waals surface area contributed by atoms with Crippen molar-refractivity contribution in [3.05, 3.63) is 176 Å². The molecule has 18 heteroatoms. The Balaban J connectivity index is 1.50. The second kappa shape index (κ2) is 27.6. The zero-order chi connectivity index (χ0) is 55.6. The van der Waals surface area contributed by atoms with E-state index in [2.05, 4.69) is 0 Å². The van der Waals surface area contributed by atoms with Crippen molar-refractivity contribution >= 4 is 35.8 Å². The number of carbonyl (C=O) groups excluding carboxylic acids is 6. The van der Waals surface area contributed by atoms with Gasteiger partial charge in [0.2, 0.25) is 0 Å². The van der Waals surface area contributed by atoms with E-state index in [-0.39, 0.29) is 38.5 Å². The molecule has 0 spiro atoms. The van der Waals surface area contributed by atoms with Gasteiger partial charge in [0, 0.05) is 38.5 Å². The lowest BCUT2D eigenvalue weighted by molar-refractivity contribution is -0.143. The zero-order valence-electron chi connectivity index (χ0n) is 44.2. The van der Waals surface area contributed by atoms with Crippen LogP contribution in [0.5, 0.6) is 34.5 Å². The summed E-state index contributed by atoms with van der Waals surface area (Å²) in [6, 6.07) is 33.3. The standard InChI is InChI=1S/C60H60O18/c1-67-49(61)31-73-55-37-13-7-14-38(55)26-40-16-9-18-42(57(40)75-33-51(63)69-3)28-44-20-11-22-46(59(44)77-35-53(65)71-5)30-48-24-12-23-47(60(48)78-36-54(66)72-6)29-45-21-10-19-43(58(45)76-34-52(64)70-4)27-41-17-8-15-39(25-37)56(41)74-32-50(62)68-2/h7-24H,25-36H2,1-6H3. The average Bonchev–Trinajstić information content (AvgIpc) is 3.45. The number of methoxy groups -OCH3 is 6. The molecule has 78 heavy (non-hydrogen) atoms. The fraction of sp³-hybridized carbons (Fsp3) is 0.300. The zero-order valence-corrected chi connectivity index (χ0v) is 44.2. The molecule has 0 fully saturated rings. The van der Waals surface area contributed by atoms with E-state index in [1.807, 2.05) is 109 Å². The number of hydrogen-bond donors (Lipinski definition) is 0. The Hall–Kier alpha value is -9.06. The molecule has 6 aromatic carbocycles. The Labute approximate surface area is 451 Å². The van der Waals surface area contributed by atoms with Crippen LogP contribution in [0.25, 0.3) is 0 Å². The number of fused-ring (bicyclic) bond motifs is 12. The Kier molecular flexibility index (Phi) is 20.1. The molecule has 0 heterocycles. The van der Waals surface area contributed by atoms with E-state index in [9.17, 15) is 28.8 Å². The van der Waals surface area contributed by atoms with Gasteiger partial charge in [0.05, 0.1) is 42.7 Å². The number of para-hydroxylation sites is 6. The quantitative estimate of drug-likeness (QED) is 0.0634. The summed E-state index contributed by atoms with van der Waals surface area (Å²) in [4.78, 5) is 76.5. The molecule has 1 aliphatic rings. The normalized spacial score (nSPS) is 11.8. The fourth-order valence-electron chi connectivity index (χ4n) is 8.98. The molecule has 0 unspecified atom stereocenters. The Morgan fingerprint density at radius 2 is 0.359 bits per heavy atom. The van der Waals surface area contributed by atoms with Gasteiger partial charge in [-0.05, 0) is 66.8 Å². The van der Waals surface area contributed by atoms with Crippen molar-refractivity contribution in [2.45, 2.75) is 38.5 Å². The van der Waals surface area contributed by atoms with Gasteiger partial charge in [-0.1, -0.05) is 109 Å². The molecule has 0 atom stereocenters. The Morgan fingerprint density at radius 3 is 0.462 bits per heavy atom. The third-order valence-electron chi connectivity index (χ3n) is 12.7. The van der Waals surface area contributed by atoms with Crippen LogP contribution < -0.4 is 28.4 Å². The number of hydrogen-bond acceptors (Lipinski definition) is 18. The monoisotopic (exact) mass is 1070 g/mol. The molecular weight excluding hydrogens is 1010 g/mol. The van der Waals surface area contributed by atoms with Crippen molar-refractivity contribution in [2.75, 3.05) is 82.3 Å². The second-order valence-corrected chi connectivity index (χ2v) is 17.7. The molecular formula is C60H60O18. The van der Waals surface area contributed by atoms with Crippen molar-refractivity contribution in [2.24, 2.45) is 0 Å². The van der Waals surface area contributed by atoms with Gasteiger partial charge in [-0.3, -0.25) is 0 Å². The van der Waals surface area contributed by atoms with E-state index in [0.29, 0.717) is 101 Å². The van der Waals surface area contributed by atoms with E-state index in [4.69, 9.17) is 56.8 Å². The van der Waals surface area contributed by atoms with Crippen LogP contribution in [-0.4, -0.2) is 118 Å². The van der Waals surface area contributed by atoms with E-state index < -0.39 is 75.5 Å². The Morgan fingerprint density at radius 1 is 0.244 bits per heavy atom. The van der Waals surface area contributed by atoms with Crippen LogP contribution in [0.15, 0.2) is 109 Å². The van der Waals surface area contributed by atoms with Crippen LogP contribution in [0.4, 0.5) is 0 Å². The van der Waals surface area contributed by atoms with Gasteiger partial charge in [0.1, 0.15) is 34.5 Å². The molecule has 0 amide bonds. The molecule has 6 aromatic rings. The molecule has 1 aliphatic carbocycles. The SMILES string of the molecule is COC(=O)COc1c2cccc1Cc1cccc(c1OCC(=O)OC)Cc1cccc(c1OCC(=O)OC)Cc1cccc(c1OCC(=O)OC)Cc1cccc(c1OCC(=O)OC)Cc1cccc(c1OCC(=O)OC)C2. The summed E-state index contributed by atoms with van der Waals surface area (Å²) < 4.78 is 68.1. The fourth-order valence-corrected chi connectivity index (χ4v) is 8.98. The van der Waals surface area contributed by atoms with Crippen LogP contribution in [0.1, 0.15) is 66.8 Å². The van der Waals surface area contributed by atoms with Gasteiger partial charge in [0.15, 0.2) is 39.6 Å². The average molecular weight is 1070 g/mol. The summed E-state index contributed by atoms with van der Waals surface area (Å²) in [6.07, 6.45) is 1.01. The molecule has 0 aromatic heterocycles. The topological polar surface area (TPSA) is 213 Å². The highest BCUT2D eigenvalue weighted by Gasteiger charge is 2.25. The van der Waals surface area contributed by atoms with Gasteiger partial charge in [-0.2, -0.15) is 0 Å². The third-order valence-corrected chi connectivity index (χ3v) is 12.7. The first kappa shape index (κ1) is 56.7. The molecule has 12 bridgehead atoms. The molecule has 0 saturated carbocycles. The predicted molar refractivity (Wildman–Crippen MR) is 281 cm³/mol. The molecule has 7 rings (SSSR count). The van der Waals surface area contributed by atoms with Crippen molar-refractivity contribution in [1.29, 1.82) is 0 Å². The van der Waals surface area contributed by atoms with Gasteiger partial charge in [-0.15, -0.1) is 0 Å². The van der Waals surface area contributed by atoms with Gasteiger partial charge >= 0.3 is 35.8 Å². The summed E-state index contributed by atoms with van der Waals surface area (Å²) in [5.41, 5.74) is 7.67. The lowest BCUT2D eigenvalue weighted by Crippen LogP contribution is -2.17. The van der Waals surface area contributed by atoms with Crippen molar-refractivity contribution in [3.8, 4) is 34.5 Å². The molecule has 0 N–H and O–H groups in total. The van der Waals surface area contributed by atoms with Gasteiger partial charge in [0.25, 0.3) is 0 Å². The minimum absolute atomic E-state index is 0.168. The first-order valence-electron chi connectivity index (χ1n) is 24.7. The minimum Gasteiger partial charge on any atom is -0.481 e. The van der Waals surface area contributed by atoms with Crippen LogP contribution in [0.3, 0.4) is 0 Å². The van der Waals surface area contributed by atoms with Crippen molar-refractivity contribution < 1.29 is 85.6 Å². The second-order valence-electron chi connectivity index (χ2n) is 17.7. The van der Waals surface area contributed by atoms with E-state index in [0.717, 1.165) is 0 Å². The minimum atomic E-state index is -0.624. The smallest absolute Gasteiger partial charge is 0.343 e. The molecule has 0 saturated heterocycles. The van der Waals surface area contributed by atoms with Crippen LogP contribution in [0.2, 0.25) is 0 Å². The first-order valence-corrected chi connectivity index (χ1v) is 24.7. The van der Waals surface area contributed by atoms with Gasteiger partial charge < -0.3 is 56.8 Å². The predicted octanol–water partition coefficient (Wildman–Crippen LogP) is 6.86. The highest BCUT2D eigenvalue weighted by molar-refractivity contribution is 5.74. The summed E-state index contributed by atoms with van der Waals surface area (Å²) in [5.74, 6) is -1.57. The summed E-state index contributed by atoms with van der Waals surface area (Å²) >= 11 is 0. The van der Waals surface area contributed by atoms with Crippen LogP contribution in [0, 0.1) is 0 Å². The maximum atomic E-state index is 12.8. The summed E-state index contributed by atoms with van der Waals surface area (Å²) in [6.45, 7) is -2.61. The highest BCUT2D eigenvalue weighted by atomic mass is 16.6. The van der Waals surface area contributed by atoms with Crippen molar-refractivity contribution in [1.82, 2.24) is 0 Å². The van der Waals surface area contributed by atoms with Crippen molar-refractivity contribution in [3.63, 3.8) is 0 Å². The molecule has 0 aliphatic heterocycles. The van der Waals surface area contributed by atoms with Crippen LogP contribution in [-0.2, 0) is 95.7 Å². The van der Waals surface area contributed by atoms with Crippen LogP contribution >= 0.6 is 0 Å². The number of rotatable bonds is 18. The summed E-state index contributed by atoms with van der Waals surface area (Å²) in [7, 11) is 7.57. The summed E-state index contributed by atoms with van der Waals surface area (Å²) in [5, 5.41) is 0. The lowest BCUT2D eigenvalue weighted by Gasteiger charge is -2.22. The molecule has 408 valence electrons. The van der Waals surface area contributed by atoms with Gasteiger partial charge in [-0.25, -0.2) is 28.8 Å². The van der Waals surface area contributed by atoms with E-state index in [1.54, 1.807) is 0 Å². The highest BCUT2D eigenvalue weighted by Crippen LogP contribution is 2.40. The molecule has 18 nitrogen and oxygen atoms in total. The Bertz CT molecular complexity index is 2480. The first-order chi connectivity index (χ1) is 37.9. The maximum absolute atomic E-state index is 12.8.